The summed E-state index contributed by atoms with van der Waals surface area (Å²) in [4.78, 5) is 15.3. The van der Waals surface area contributed by atoms with E-state index >= 15 is 0 Å². The first-order valence-corrected chi connectivity index (χ1v) is 12.3. The lowest BCUT2D eigenvalue weighted by Gasteiger charge is -2.26. The molecule has 1 aliphatic rings. The summed E-state index contributed by atoms with van der Waals surface area (Å²) in [6, 6.07) is 21.5. The first-order valence-electron chi connectivity index (χ1n) is 10.9. The van der Waals surface area contributed by atoms with Crippen LogP contribution in [-0.4, -0.2) is 59.1 Å². The molecule has 178 valence electrons. The zero-order chi connectivity index (χ0) is 24.1. The van der Waals surface area contributed by atoms with E-state index in [4.69, 9.17) is 9.47 Å². The fraction of sp³-hybridized carbons (Fsp3) is 0.240. The minimum Gasteiger partial charge on any atom is -0.496 e. The Balaban J connectivity index is 1.65. The highest BCUT2D eigenvalue weighted by Gasteiger charge is 2.28. The quantitative estimate of drug-likeness (QED) is 0.553. The number of amides is 1. The van der Waals surface area contributed by atoms with Crippen LogP contribution in [0.1, 0.15) is 10.4 Å². The number of para-hydroxylation sites is 3. The molecule has 1 amide bonds. The van der Waals surface area contributed by atoms with Crippen molar-refractivity contribution in [2.45, 2.75) is 4.90 Å². The molecule has 0 spiro atoms. The summed E-state index contributed by atoms with van der Waals surface area (Å²) in [6.45, 7) is 1.23. The maximum Gasteiger partial charge on any atom is 0.259 e. The number of nitrogens with one attached hydrogen (secondary N) is 1. The summed E-state index contributed by atoms with van der Waals surface area (Å²) in [6.07, 6.45) is 0. The molecule has 9 heteroatoms. The molecule has 8 nitrogen and oxygen atoms in total. The van der Waals surface area contributed by atoms with Crippen molar-refractivity contribution >= 4 is 33.0 Å². The highest BCUT2D eigenvalue weighted by molar-refractivity contribution is 7.89. The lowest BCUT2D eigenvalue weighted by Crippen LogP contribution is -2.40. The number of benzene rings is 3. The van der Waals surface area contributed by atoms with Crippen molar-refractivity contribution in [2.75, 3.05) is 50.7 Å². The van der Waals surface area contributed by atoms with Gasteiger partial charge in [-0.3, -0.25) is 4.79 Å². The van der Waals surface area contributed by atoms with Gasteiger partial charge in [-0.2, -0.15) is 4.31 Å². The summed E-state index contributed by atoms with van der Waals surface area (Å²) in [7, 11) is -0.407. The highest BCUT2D eigenvalue weighted by Crippen LogP contribution is 2.32. The van der Waals surface area contributed by atoms with Crippen molar-refractivity contribution in [1.29, 1.82) is 0 Å². The fourth-order valence-corrected chi connectivity index (χ4v) is 5.25. The second-order valence-electron chi connectivity index (χ2n) is 7.74. The number of anilines is 3. The predicted molar refractivity (Wildman–Crippen MR) is 131 cm³/mol. The van der Waals surface area contributed by atoms with E-state index in [1.165, 1.54) is 29.6 Å². The van der Waals surface area contributed by atoms with Gasteiger partial charge in [0, 0.05) is 25.8 Å². The number of hydrogen-bond acceptors (Lipinski definition) is 6. The van der Waals surface area contributed by atoms with Crippen LogP contribution in [0.15, 0.2) is 77.7 Å². The van der Waals surface area contributed by atoms with Gasteiger partial charge in [0.05, 0.1) is 42.2 Å². The maximum absolute atomic E-state index is 13.3. The summed E-state index contributed by atoms with van der Waals surface area (Å²) >= 11 is 0. The van der Waals surface area contributed by atoms with Gasteiger partial charge in [0.15, 0.2) is 0 Å². The van der Waals surface area contributed by atoms with Crippen LogP contribution in [-0.2, 0) is 14.8 Å². The number of nitrogens with zero attached hydrogens (tertiary/aromatic N) is 2. The molecular weight excluding hydrogens is 454 g/mol. The monoisotopic (exact) mass is 481 g/mol. The standard InChI is InChI=1S/C25H27N3O5S/c1-27(19-8-4-3-5-9-19)23-11-7-6-10-22(23)26-25(29)21-18-20(12-13-24(21)32-2)34(30,31)28-14-16-33-17-15-28/h3-13,18H,14-17H2,1-2H3,(H,26,29). The normalized spacial score (nSPS) is 14.4. The fourth-order valence-electron chi connectivity index (χ4n) is 3.81. The van der Waals surface area contributed by atoms with Gasteiger partial charge in [-0.1, -0.05) is 30.3 Å². The zero-order valence-corrected chi connectivity index (χ0v) is 19.9. The van der Waals surface area contributed by atoms with E-state index in [1.54, 1.807) is 6.07 Å². The van der Waals surface area contributed by atoms with Gasteiger partial charge in [-0.15, -0.1) is 0 Å². The molecular formula is C25H27N3O5S. The number of ether oxygens (including phenoxy) is 2. The average molecular weight is 482 g/mol. The number of carbonyl (C=O) groups excluding carboxylic acids is 1. The lowest BCUT2D eigenvalue weighted by molar-refractivity contribution is 0.0730. The minimum absolute atomic E-state index is 0.0371. The van der Waals surface area contributed by atoms with E-state index in [9.17, 15) is 13.2 Å². The second-order valence-corrected chi connectivity index (χ2v) is 9.68. The molecule has 0 aromatic heterocycles. The number of sulfonamides is 1. The molecule has 1 saturated heterocycles. The van der Waals surface area contributed by atoms with Gasteiger partial charge in [0.2, 0.25) is 10.0 Å². The van der Waals surface area contributed by atoms with Crippen LogP contribution in [0.4, 0.5) is 17.1 Å². The Labute approximate surface area is 199 Å². The van der Waals surface area contributed by atoms with Crippen LogP contribution in [0.2, 0.25) is 0 Å². The Hall–Kier alpha value is -3.40. The number of hydrogen-bond donors (Lipinski definition) is 1. The van der Waals surface area contributed by atoms with Crippen LogP contribution in [0.3, 0.4) is 0 Å². The van der Waals surface area contributed by atoms with Crippen molar-refractivity contribution in [3.05, 3.63) is 78.4 Å². The van der Waals surface area contributed by atoms with E-state index in [-0.39, 0.29) is 29.3 Å². The van der Waals surface area contributed by atoms with Crippen LogP contribution in [0.5, 0.6) is 5.75 Å². The van der Waals surface area contributed by atoms with Crippen molar-refractivity contribution in [3.8, 4) is 5.75 Å². The maximum atomic E-state index is 13.3. The molecule has 4 rings (SSSR count). The number of carbonyl (C=O) groups is 1. The smallest absolute Gasteiger partial charge is 0.259 e. The molecule has 0 radical (unpaired) electrons. The molecule has 0 saturated carbocycles. The molecule has 0 aliphatic carbocycles. The third-order valence-corrected chi connectivity index (χ3v) is 7.58. The lowest BCUT2D eigenvalue weighted by atomic mass is 10.1. The highest BCUT2D eigenvalue weighted by atomic mass is 32.2. The van der Waals surface area contributed by atoms with Gasteiger partial charge >= 0.3 is 0 Å². The Morgan fingerprint density at radius 1 is 1.00 bits per heavy atom. The Kier molecular flexibility index (Phi) is 7.16. The number of methoxy groups -OCH3 is 1. The van der Waals surface area contributed by atoms with E-state index < -0.39 is 15.9 Å². The summed E-state index contributed by atoms with van der Waals surface area (Å²) in [5, 5.41) is 2.92. The largest absolute Gasteiger partial charge is 0.496 e. The molecule has 3 aromatic rings. The molecule has 3 aromatic carbocycles. The number of morpholine rings is 1. The van der Waals surface area contributed by atoms with Crippen molar-refractivity contribution in [3.63, 3.8) is 0 Å². The minimum atomic E-state index is -3.76. The summed E-state index contributed by atoms with van der Waals surface area (Å²) in [5.74, 6) is -0.183. The zero-order valence-electron chi connectivity index (χ0n) is 19.1. The van der Waals surface area contributed by atoms with Gasteiger partial charge in [0.1, 0.15) is 5.75 Å². The topological polar surface area (TPSA) is 88.2 Å². The third kappa shape index (κ3) is 4.91. The van der Waals surface area contributed by atoms with Gasteiger partial charge in [0.25, 0.3) is 5.91 Å². The molecule has 0 atom stereocenters. The van der Waals surface area contributed by atoms with Crippen LogP contribution >= 0.6 is 0 Å². The Bertz CT molecular complexity index is 1260. The Morgan fingerprint density at radius 2 is 1.68 bits per heavy atom. The molecule has 1 N–H and O–H groups in total. The number of rotatable bonds is 7. The third-order valence-electron chi connectivity index (χ3n) is 5.68. The first kappa shape index (κ1) is 23.7. The Morgan fingerprint density at radius 3 is 2.38 bits per heavy atom. The van der Waals surface area contributed by atoms with Crippen LogP contribution < -0.4 is 15.0 Å². The van der Waals surface area contributed by atoms with Gasteiger partial charge in [-0.25, -0.2) is 8.42 Å². The average Bonchev–Trinajstić information content (AvgIpc) is 2.89. The van der Waals surface area contributed by atoms with E-state index in [0.717, 1.165) is 11.4 Å². The van der Waals surface area contributed by atoms with Crippen molar-refractivity contribution in [2.24, 2.45) is 0 Å². The molecule has 0 unspecified atom stereocenters. The molecule has 0 bridgehead atoms. The SMILES string of the molecule is COc1ccc(S(=O)(=O)N2CCOCC2)cc1C(=O)Nc1ccccc1N(C)c1ccccc1. The van der Waals surface area contributed by atoms with Crippen molar-refractivity contribution in [1.82, 2.24) is 4.31 Å². The predicted octanol–water partition coefficient (Wildman–Crippen LogP) is 3.74. The first-order chi connectivity index (χ1) is 16.4. The van der Waals surface area contributed by atoms with Crippen LogP contribution in [0.25, 0.3) is 0 Å². The van der Waals surface area contributed by atoms with Gasteiger partial charge in [-0.05, 0) is 42.5 Å². The summed E-state index contributed by atoms with van der Waals surface area (Å²) in [5.41, 5.74) is 2.47. The molecule has 1 heterocycles. The molecule has 1 fully saturated rings. The van der Waals surface area contributed by atoms with Crippen molar-refractivity contribution < 1.29 is 22.7 Å². The van der Waals surface area contributed by atoms with Gasteiger partial charge < -0.3 is 19.7 Å². The molecule has 1 aliphatic heterocycles. The molecule has 34 heavy (non-hydrogen) atoms. The van der Waals surface area contributed by atoms with Crippen LogP contribution in [0, 0.1) is 0 Å². The summed E-state index contributed by atoms with van der Waals surface area (Å²) < 4.78 is 38.2. The second kappa shape index (κ2) is 10.3. The van der Waals surface area contributed by atoms with E-state index in [1.807, 2.05) is 60.5 Å². The van der Waals surface area contributed by atoms with E-state index in [0.29, 0.717) is 18.9 Å². The van der Waals surface area contributed by atoms with E-state index in [2.05, 4.69) is 5.32 Å².